The summed E-state index contributed by atoms with van der Waals surface area (Å²) in [4.78, 5) is 0. The fourth-order valence-corrected chi connectivity index (χ4v) is 2.65. The van der Waals surface area contributed by atoms with Gasteiger partial charge in [-0.1, -0.05) is 62.9 Å². The average Bonchev–Trinajstić information content (AvgIpc) is 2.30. The van der Waals surface area contributed by atoms with Crippen LogP contribution >= 0.6 is 50.7 Å². The summed E-state index contributed by atoms with van der Waals surface area (Å²) in [5, 5.41) is 2.68. The lowest BCUT2D eigenvalue weighted by Gasteiger charge is -2.09. The molecule has 0 saturated heterocycles. The molecule has 0 aliphatic heterocycles. The molecule has 0 nitrogen and oxygen atoms in total. The van der Waals surface area contributed by atoms with E-state index in [0.717, 1.165) is 22.0 Å². The molecule has 0 atom stereocenters. The second-order valence-electron chi connectivity index (χ2n) is 3.57. The standard InChI is InChI=1S/C13H8BrCl3/c14-7-8-1-4-12(16)11(5-8)10-3-2-9(15)6-13(10)17/h1-6H,7H2. The van der Waals surface area contributed by atoms with Gasteiger partial charge in [0.15, 0.2) is 0 Å². The molecule has 0 bridgehead atoms. The first kappa shape index (κ1) is 13.2. The molecule has 0 radical (unpaired) electrons. The van der Waals surface area contributed by atoms with Crippen molar-refractivity contribution in [3.63, 3.8) is 0 Å². The van der Waals surface area contributed by atoms with E-state index in [1.54, 1.807) is 12.1 Å². The Morgan fingerprint density at radius 2 is 1.59 bits per heavy atom. The molecule has 0 aromatic heterocycles. The molecule has 0 saturated carbocycles. The molecule has 0 heterocycles. The lowest BCUT2D eigenvalue weighted by molar-refractivity contribution is 1.43. The highest BCUT2D eigenvalue weighted by molar-refractivity contribution is 9.08. The minimum Gasteiger partial charge on any atom is -0.0876 e. The second-order valence-corrected chi connectivity index (χ2v) is 5.38. The first-order valence-electron chi connectivity index (χ1n) is 4.91. The third-order valence-electron chi connectivity index (χ3n) is 2.41. The van der Waals surface area contributed by atoms with E-state index < -0.39 is 0 Å². The van der Waals surface area contributed by atoms with Gasteiger partial charge < -0.3 is 0 Å². The molecule has 2 aromatic carbocycles. The predicted molar refractivity (Wildman–Crippen MR) is 79.5 cm³/mol. The van der Waals surface area contributed by atoms with E-state index >= 15 is 0 Å². The minimum atomic E-state index is 0.603. The quantitative estimate of drug-likeness (QED) is 0.565. The Bertz CT molecular complexity index is 552. The van der Waals surface area contributed by atoms with Gasteiger partial charge in [0.2, 0.25) is 0 Å². The van der Waals surface area contributed by atoms with Gasteiger partial charge in [-0.3, -0.25) is 0 Å². The molecule has 0 spiro atoms. The monoisotopic (exact) mass is 348 g/mol. The summed E-state index contributed by atoms with van der Waals surface area (Å²) in [5.74, 6) is 0. The molecule has 0 fully saturated rings. The number of rotatable bonds is 2. The predicted octanol–water partition coefficient (Wildman–Crippen LogP) is 6.21. The van der Waals surface area contributed by atoms with Gasteiger partial charge in [0.25, 0.3) is 0 Å². The lowest BCUT2D eigenvalue weighted by Crippen LogP contribution is -1.85. The van der Waals surface area contributed by atoms with Crippen LogP contribution in [0, 0.1) is 0 Å². The first-order valence-corrected chi connectivity index (χ1v) is 7.17. The molecule has 4 heteroatoms. The van der Waals surface area contributed by atoms with Crippen molar-refractivity contribution in [2.45, 2.75) is 5.33 Å². The summed E-state index contributed by atoms with van der Waals surface area (Å²) in [6.07, 6.45) is 0. The number of halogens is 4. The third kappa shape index (κ3) is 2.97. The summed E-state index contributed by atoms with van der Waals surface area (Å²) in [5.41, 5.74) is 2.96. The van der Waals surface area contributed by atoms with Crippen molar-refractivity contribution in [3.05, 3.63) is 57.0 Å². The zero-order valence-electron chi connectivity index (χ0n) is 8.68. The molecule has 0 N–H and O–H groups in total. The second kappa shape index (κ2) is 5.62. The van der Waals surface area contributed by atoms with Gasteiger partial charge in [-0.15, -0.1) is 0 Å². The zero-order valence-corrected chi connectivity index (χ0v) is 12.5. The zero-order chi connectivity index (χ0) is 12.4. The fraction of sp³-hybridized carbons (Fsp3) is 0.0769. The Labute approximate surface area is 124 Å². The molecule has 0 unspecified atom stereocenters. The van der Waals surface area contributed by atoms with Gasteiger partial charge in [-0.2, -0.15) is 0 Å². The van der Waals surface area contributed by atoms with Crippen molar-refractivity contribution >= 4 is 50.7 Å². The molecule has 0 amide bonds. The van der Waals surface area contributed by atoms with E-state index in [1.165, 1.54) is 0 Å². The molecule has 2 rings (SSSR count). The van der Waals surface area contributed by atoms with Crippen molar-refractivity contribution in [2.24, 2.45) is 0 Å². The van der Waals surface area contributed by atoms with Crippen LogP contribution < -0.4 is 0 Å². The maximum atomic E-state index is 6.19. The SMILES string of the molecule is Clc1ccc(-c2cc(CBr)ccc2Cl)c(Cl)c1. The van der Waals surface area contributed by atoms with Crippen LogP contribution in [0.1, 0.15) is 5.56 Å². The van der Waals surface area contributed by atoms with Crippen molar-refractivity contribution in [2.75, 3.05) is 0 Å². The maximum Gasteiger partial charge on any atom is 0.0499 e. The molecule has 17 heavy (non-hydrogen) atoms. The van der Waals surface area contributed by atoms with E-state index in [1.807, 2.05) is 24.3 Å². The van der Waals surface area contributed by atoms with Gasteiger partial charge in [-0.25, -0.2) is 0 Å². The van der Waals surface area contributed by atoms with Gasteiger partial charge in [0.1, 0.15) is 0 Å². The highest BCUT2D eigenvalue weighted by Gasteiger charge is 2.09. The van der Waals surface area contributed by atoms with E-state index in [-0.39, 0.29) is 0 Å². The van der Waals surface area contributed by atoms with E-state index in [0.29, 0.717) is 15.1 Å². The van der Waals surface area contributed by atoms with Crippen LogP contribution in [0.3, 0.4) is 0 Å². The normalized spacial score (nSPS) is 10.6. The Morgan fingerprint density at radius 3 is 2.24 bits per heavy atom. The Hall–Kier alpha value is -0.210. The molecule has 0 aliphatic carbocycles. The van der Waals surface area contributed by atoms with Crippen LogP contribution in [0.2, 0.25) is 15.1 Å². The van der Waals surface area contributed by atoms with Crippen molar-refractivity contribution in [3.8, 4) is 11.1 Å². The molecule has 88 valence electrons. The van der Waals surface area contributed by atoms with Gasteiger partial charge in [-0.05, 0) is 29.8 Å². The molecular weight excluding hydrogens is 342 g/mol. The van der Waals surface area contributed by atoms with Crippen LogP contribution in [0.25, 0.3) is 11.1 Å². The van der Waals surface area contributed by atoms with Gasteiger partial charge in [0.05, 0.1) is 0 Å². The lowest BCUT2D eigenvalue weighted by atomic mass is 10.0. The Balaban J connectivity index is 2.59. The van der Waals surface area contributed by atoms with Crippen molar-refractivity contribution in [1.29, 1.82) is 0 Å². The van der Waals surface area contributed by atoms with Crippen molar-refractivity contribution in [1.82, 2.24) is 0 Å². The van der Waals surface area contributed by atoms with Crippen molar-refractivity contribution < 1.29 is 0 Å². The molecule has 0 aliphatic rings. The van der Waals surface area contributed by atoms with Crippen LogP contribution in [0.5, 0.6) is 0 Å². The fourth-order valence-electron chi connectivity index (χ4n) is 1.57. The Morgan fingerprint density at radius 1 is 0.824 bits per heavy atom. The maximum absolute atomic E-state index is 6.19. The number of benzene rings is 2. The summed E-state index contributed by atoms with van der Waals surface area (Å²) in [6, 6.07) is 11.3. The van der Waals surface area contributed by atoms with E-state index in [2.05, 4.69) is 15.9 Å². The highest BCUT2D eigenvalue weighted by Crippen LogP contribution is 2.35. The summed E-state index contributed by atoms with van der Waals surface area (Å²) < 4.78 is 0. The van der Waals surface area contributed by atoms with Crippen LogP contribution in [0.15, 0.2) is 36.4 Å². The third-order valence-corrected chi connectivity index (χ3v) is 3.93. The summed E-state index contributed by atoms with van der Waals surface area (Å²) >= 11 is 21.7. The molecular formula is C13H8BrCl3. The number of hydrogen-bond donors (Lipinski definition) is 0. The highest BCUT2D eigenvalue weighted by atomic mass is 79.9. The van der Waals surface area contributed by atoms with Crippen LogP contribution in [-0.4, -0.2) is 0 Å². The van der Waals surface area contributed by atoms with E-state index in [4.69, 9.17) is 34.8 Å². The summed E-state index contributed by atoms with van der Waals surface area (Å²) in [7, 11) is 0. The van der Waals surface area contributed by atoms with Gasteiger partial charge in [0, 0.05) is 31.5 Å². The minimum absolute atomic E-state index is 0.603. The van der Waals surface area contributed by atoms with Crippen LogP contribution in [0.4, 0.5) is 0 Å². The summed E-state index contributed by atoms with van der Waals surface area (Å²) in [6.45, 7) is 0. The van der Waals surface area contributed by atoms with Gasteiger partial charge >= 0.3 is 0 Å². The van der Waals surface area contributed by atoms with E-state index in [9.17, 15) is 0 Å². The van der Waals surface area contributed by atoms with Crippen LogP contribution in [-0.2, 0) is 5.33 Å². The Kier molecular flexibility index (Phi) is 4.37. The first-order chi connectivity index (χ1) is 8.11. The number of hydrogen-bond acceptors (Lipinski definition) is 0. The topological polar surface area (TPSA) is 0 Å². The average molecular weight is 350 g/mol. The molecule has 2 aromatic rings. The largest absolute Gasteiger partial charge is 0.0876 e. The smallest absolute Gasteiger partial charge is 0.0499 e. The number of alkyl halides is 1.